The maximum atomic E-state index is 6.69. The minimum absolute atomic E-state index is 0.311. The molecule has 0 radical (unpaired) electrons. The number of allylic oxidation sites excluding steroid dienone is 1. The Balaban J connectivity index is 1.15. The summed E-state index contributed by atoms with van der Waals surface area (Å²) in [6.45, 7) is 2.00. The Bertz CT molecular complexity index is 2610. The van der Waals surface area contributed by atoms with Crippen molar-refractivity contribution in [1.82, 2.24) is 5.32 Å². The van der Waals surface area contributed by atoms with Gasteiger partial charge in [-0.1, -0.05) is 121 Å². The largest absolute Gasteiger partial charge is 0.440 e. The number of anilines is 1. The van der Waals surface area contributed by atoms with Crippen molar-refractivity contribution in [3.05, 3.63) is 156 Å². The van der Waals surface area contributed by atoms with Crippen molar-refractivity contribution in [2.45, 2.75) is 13.1 Å². The average molecular weight is 639 g/mol. The molecule has 0 aliphatic carbocycles. The maximum Gasteiger partial charge on any atom is 0.199 e. The fourth-order valence-electron chi connectivity index (χ4n) is 6.86. The highest BCUT2D eigenvalue weighted by molar-refractivity contribution is 7.26. The number of fused-ring (bicyclic) bond motifs is 6. The van der Waals surface area contributed by atoms with Crippen molar-refractivity contribution in [2.24, 2.45) is 9.98 Å². The molecule has 1 unspecified atom stereocenters. The molecule has 8 aromatic rings. The fourth-order valence-corrected chi connectivity index (χ4v) is 8.12. The van der Waals surface area contributed by atoms with Gasteiger partial charge in [-0.15, -0.1) is 11.3 Å². The minimum Gasteiger partial charge on any atom is -0.440 e. The van der Waals surface area contributed by atoms with Crippen molar-refractivity contribution in [3.8, 4) is 11.1 Å². The van der Waals surface area contributed by atoms with E-state index < -0.39 is 0 Å². The average Bonchev–Trinajstić information content (AvgIpc) is 3.69. The van der Waals surface area contributed by atoms with Crippen molar-refractivity contribution < 1.29 is 4.42 Å². The van der Waals surface area contributed by atoms with Crippen LogP contribution in [0, 0.1) is 0 Å². The number of hydrogen-bond acceptors (Lipinski definition) is 6. The lowest BCUT2D eigenvalue weighted by Gasteiger charge is -2.24. The Morgan fingerprint density at radius 1 is 0.771 bits per heavy atom. The summed E-state index contributed by atoms with van der Waals surface area (Å²) in [7, 11) is 0. The van der Waals surface area contributed by atoms with E-state index in [1.807, 2.05) is 72.9 Å². The number of nitrogens with zero attached hydrogens (tertiary/aromatic N) is 2. The normalized spacial score (nSPS) is 15.2. The smallest absolute Gasteiger partial charge is 0.199 e. The molecule has 5 nitrogen and oxygen atoms in total. The molecule has 3 heterocycles. The molecule has 0 amide bonds. The monoisotopic (exact) mass is 638 g/mol. The highest BCUT2D eigenvalue weighted by Gasteiger charge is 2.26. The Morgan fingerprint density at radius 2 is 1.54 bits per heavy atom. The van der Waals surface area contributed by atoms with Gasteiger partial charge >= 0.3 is 0 Å². The number of rotatable bonds is 5. The SMILES string of the molecule is C/C=C(/C1=NC(c2ccccc2)=NC(c2ccccc2)N1)c1c(N)oc2cc(-c3cccc4c3sc3ccc5ccccc5c34)ccc12. The molecular formula is C42H30N4OS. The second-order valence-electron chi connectivity index (χ2n) is 11.9. The first kappa shape index (κ1) is 28.3. The standard InChI is InChI=1S/C42H30N4OS/c1-2-29(42-45-40(26-13-5-3-6-14-26)44-41(46-42)27-15-7-4-8-16-27)37-32-22-20-28(24-34(32)47-39(37)43)31-18-11-19-33-36-30-17-10-9-12-25(30)21-23-35(36)48-38(31)33/h2-24,40H,43H2,1H3,(H,44,45,46)/b29-2+. The second kappa shape index (κ2) is 11.4. The van der Waals surface area contributed by atoms with Gasteiger partial charge in [-0.25, -0.2) is 9.98 Å². The molecular weight excluding hydrogens is 609 g/mol. The van der Waals surface area contributed by atoms with Crippen molar-refractivity contribution in [1.29, 1.82) is 0 Å². The molecule has 6 aromatic carbocycles. The Kier molecular flexibility index (Phi) is 6.69. The fraction of sp³-hybridized carbons (Fsp3) is 0.0476. The number of thiophene rings is 1. The first-order valence-corrected chi connectivity index (χ1v) is 16.8. The minimum atomic E-state index is -0.311. The van der Waals surface area contributed by atoms with Gasteiger partial charge < -0.3 is 15.5 Å². The first-order valence-electron chi connectivity index (χ1n) is 16.0. The predicted octanol–water partition coefficient (Wildman–Crippen LogP) is 10.8. The molecule has 0 spiro atoms. The van der Waals surface area contributed by atoms with Gasteiger partial charge in [0, 0.05) is 36.7 Å². The molecule has 0 fully saturated rings. The van der Waals surface area contributed by atoms with Crippen LogP contribution < -0.4 is 11.1 Å². The van der Waals surface area contributed by atoms with Crippen LogP contribution in [0.5, 0.6) is 0 Å². The van der Waals surface area contributed by atoms with Gasteiger partial charge in [0.05, 0.1) is 5.56 Å². The first-order chi connectivity index (χ1) is 23.7. The molecule has 2 aromatic heterocycles. The second-order valence-corrected chi connectivity index (χ2v) is 13.0. The number of furan rings is 1. The molecule has 1 atom stereocenters. The zero-order valence-corrected chi connectivity index (χ0v) is 27.0. The van der Waals surface area contributed by atoms with E-state index in [-0.39, 0.29) is 6.17 Å². The van der Waals surface area contributed by atoms with Gasteiger partial charge in [0.2, 0.25) is 0 Å². The van der Waals surface area contributed by atoms with Crippen LogP contribution in [0.15, 0.2) is 154 Å². The van der Waals surface area contributed by atoms with Crippen LogP contribution in [0.2, 0.25) is 0 Å². The molecule has 230 valence electrons. The van der Waals surface area contributed by atoms with Gasteiger partial charge in [0.15, 0.2) is 11.7 Å². The zero-order chi connectivity index (χ0) is 32.2. The quantitative estimate of drug-likeness (QED) is 0.197. The van der Waals surface area contributed by atoms with E-state index in [1.165, 1.54) is 36.5 Å². The van der Waals surface area contributed by atoms with Crippen LogP contribution >= 0.6 is 11.3 Å². The van der Waals surface area contributed by atoms with Gasteiger partial charge in [-0.05, 0) is 52.6 Å². The third-order valence-corrected chi connectivity index (χ3v) is 10.3. The lowest BCUT2D eigenvalue weighted by atomic mass is 9.97. The highest BCUT2D eigenvalue weighted by Crippen LogP contribution is 2.44. The van der Waals surface area contributed by atoms with E-state index in [9.17, 15) is 0 Å². The summed E-state index contributed by atoms with van der Waals surface area (Å²) in [5.74, 6) is 1.71. The Labute approximate surface area is 281 Å². The molecule has 0 saturated carbocycles. The van der Waals surface area contributed by atoms with E-state index in [4.69, 9.17) is 20.1 Å². The van der Waals surface area contributed by atoms with E-state index >= 15 is 0 Å². The van der Waals surface area contributed by atoms with Crippen molar-refractivity contribution in [2.75, 3.05) is 5.73 Å². The van der Waals surface area contributed by atoms with Gasteiger partial charge in [-0.3, -0.25) is 0 Å². The van der Waals surface area contributed by atoms with Gasteiger partial charge in [0.25, 0.3) is 0 Å². The van der Waals surface area contributed by atoms with Crippen LogP contribution in [0.4, 0.5) is 5.88 Å². The van der Waals surface area contributed by atoms with Crippen LogP contribution in [0.1, 0.15) is 29.8 Å². The lowest BCUT2D eigenvalue weighted by molar-refractivity contribution is 0.636. The molecule has 6 heteroatoms. The van der Waals surface area contributed by atoms with E-state index in [0.29, 0.717) is 17.6 Å². The third-order valence-electron chi connectivity index (χ3n) is 9.12. The van der Waals surface area contributed by atoms with Crippen LogP contribution in [-0.4, -0.2) is 11.7 Å². The Morgan fingerprint density at radius 3 is 2.38 bits per heavy atom. The summed E-state index contributed by atoms with van der Waals surface area (Å²) in [4.78, 5) is 10.0. The zero-order valence-electron chi connectivity index (χ0n) is 26.1. The van der Waals surface area contributed by atoms with Crippen molar-refractivity contribution in [3.63, 3.8) is 0 Å². The summed E-state index contributed by atoms with van der Waals surface area (Å²) in [6, 6.07) is 46.3. The van der Waals surface area contributed by atoms with Crippen LogP contribution in [0.25, 0.3) is 58.6 Å². The van der Waals surface area contributed by atoms with Gasteiger partial charge in [0.1, 0.15) is 17.6 Å². The number of hydrogen-bond donors (Lipinski definition) is 2. The maximum absolute atomic E-state index is 6.69. The van der Waals surface area contributed by atoms with E-state index in [0.717, 1.165) is 38.8 Å². The third kappa shape index (κ3) is 4.61. The Hall–Kier alpha value is -5.98. The number of aliphatic imine (C=N–C) groups is 2. The predicted molar refractivity (Wildman–Crippen MR) is 203 cm³/mol. The summed E-state index contributed by atoms with van der Waals surface area (Å²) in [5, 5.41) is 9.63. The number of nitrogen functional groups attached to an aromatic ring is 1. The molecule has 48 heavy (non-hydrogen) atoms. The van der Waals surface area contributed by atoms with Crippen LogP contribution in [-0.2, 0) is 0 Å². The molecule has 1 aliphatic heterocycles. The summed E-state index contributed by atoms with van der Waals surface area (Å²) >= 11 is 1.84. The van der Waals surface area contributed by atoms with E-state index in [1.54, 1.807) is 0 Å². The highest BCUT2D eigenvalue weighted by atomic mass is 32.1. The number of benzene rings is 6. The summed E-state index contributed by atoms with van der Waals surface area (Å²) in [6.07, 6.45) is 1.73. The molecule has 1 aliphatic rings. The topological polar surface area (TPSA) is 75.9 Å². The molecule has 0 bridgehead atoms. The number of nitrogens with one attached hydrogen (secondary N) is 1. The van der Waals surface area contributed by atoms with Crippen LogP contribution in [0.3, 0.4) is 0 Å². The summed E-state index contributed by atoms with van der Waals surface area (Å²) in [5.41, 5.74) is 13.4. The number of nitrogens with two attached hydrogens (primary N) is 1. The molecule has 9 rings (SSSR count). The summed E-state index contributed by atoms with van der Waals surface area (Å²) < 4.78 is 8.86. The molecule has 0 saturated heterocycles. The molecule has 3 N–H and O–H groups in total. The number of amidine groups is 2. The van der Waals surface area contributed by atoms with Gasteiger partial charge in [-0.2, -0.15) is 0 Å². The van der Waals surface area contributed by atoms with Crippen molar-refractivity contribution >= 4 is 76.4 Å². The van der Waals surface area contributed by atoms with E-state index in [2.05, 4.69) is 90.2 Å². The lowest BCUT2D eigenvalue weighted by Crippen LogP contribution is -2.33.